The molecule has 5 amide bonds. The molecule has 0 aromatic carbocycles. The molecule has 2 fully saturated rings. The average molecular weight is 816 g/mol. The number of Topliss-reactive ketones (excluding diaryl/α,β-unsaturated/α-hetero) is 1. The summed E-state index contributed by atoms with van der Waals surface area (Å²) >= 11 is 1.88. The fourth-order valence-corrected chi connectivity index (χ4v) is 7.29. The number of nitrogens with one attached hydrogen (secondary N) is 6. The smallest absolute Gasteiger partial charge is 0.329 e. The third-order valence-electron chi connectivity index (χ3n) is 8.69. The van der Waals surface area contributed by atoms with Gasteiger partial charge in [0.2, 0.25) is 17.7 Å². The minimum Gasteiger partial charge on any atom is -0.458 e. The molecule has 1 unspecified atom stereocenters. The molecule has 0 saturated carbocycles. The first kappa shape index (κ1) is 48.8. The zero-order valence-electron chi connectivity index (χ0n) is 33.3. The van der Waals surface area contributed by atoms with Gasteiger partial charge < -0.3 is 61.4 Å². The van der Waals surface area contributed by atoms with E-state index in [1.165, 1.54) is 0 Å². The Balaban J connectivity index is 1.34. The largest absolute Gasteiger partial charge is 0.458 e. The van der Waals surface area contributed by atoms with Crippen molar-refractivity contribution in [2.24, 2.45) is 5.73 Å². The second-order valence-corrected chi connectivity index (χ2v) is 15.9. The number of unbranched alkanes of at least 4 members (excludes halogenated alkanes) is 2. The number of ether oxygens (including phenoxy) is 5. The van der Waals surface area contributed by atoms with E-state index in [0.717, 1.165) is 25.0 Å². The van der Waals surface area contributed by atoms with E-state index < -0.39 is 35.3 Å². The Bertz CT molecular complexity index is 1240. The van der Waals surface area contributed by atoms with Gasteiger partial charge in [-0.1, -0.05) is 6.42 Å². The Kier molecular flexibility index (Phi) is 24.5. The van der Waals surface area contributed by atoms with E-state index in [2.05, 4.69) is 26.6 Å². The molecule has 320 valence electrons. The van der Waals surface area contributed by atoms with Gasteiger partial charge in [-0.05, 0) is 59.3 Å². The highest BCUT2D eigenvalue weighted by atomic mass is 32.2. The summed E-state index contributed by atoms with van der Waals surface area (Å²) in [7, 11) is 0. The molecule has 2 aliphatic rings. The Labute approximate surface area is 334 Å². The monoisotopic (exact) mass is 815 g/mol. The van der Waals surface area contributed by atoms with Crippen LogP contribution in [-0.4, -0.2) is 148 Å². The predicted octanol–water partition coefficient (Wildman–Crippen LogP) is 0.724. The van der Waals surface area contributed by atoms with Crippen molar-refractivity contribution < 1.29 is 52.5 Å². The number of fused-ring (bicyclic) bond motifs is 1. The highest BCUT2D eigenvalue weighted by molar-refractivity contribution is 8.00. The van der Waals surface area contributed by atoms with Gasteiger partial charge in [-0.2, -0.15) is 11.8 Å². The van der Waals surface area contributed by atoms with Crippen LogP contribution in [0, 0.1) is 5.41 Å². The second kappa shape index (κ2) is 28.1. The summed E-state index contributed by atoms with van der Waals surface area (Å²) in [6.45, 7) is 8.93. The number of amides is 5. The van der Waals surface area contributed by atoms with E-state index in [1.807, 2.05) is 11.8 Å². The molecular weight excluding hydrogens is 751 g/mol. The molecule has 5 atom stereocenters. The standard InChI is InChI=1S/C37H65N7O11S/c1-37(2,3)55-35(49)28(12-11-26(45)24-38)42-34(48)27(39)8-6-7-14-40-32(47)13-16-51-18-20-53-22-23-54-21-19-52-17-15-41-31(46)10-5-4-9-30-33-29(25-56-30)43-36(50)44-33/h24,27-30,33,38H,4-23,25,39H2,1-3H3,(H,40,47)(H,41,46)(H,42,48)(H2,43,44,50)/t27?,28-,29-,30-,33-/m0/s1. The Morgan fingerprint density at radius 2 is 1.45 bits per heavy atom. The van der Waals surface area contributed by atoms with Gasteiger partial charge in [0.1, 0.15) is 11.6 Å². The first-order chi connectivity index (χ1) is 26.8. The summed E-state index contributed by atoms with van der Waals surface area (Å²) in [6, 6.07) is -1.59. The van der Waals surface area contributed by atoms with Gasteiger partial charge in [-0.25, -0.2) is 9.59 Å². The van der Waals surface area contributed by atoms with Crippen LogP contribution in [0.15, 0.2) is 0 Å². The minimum absolute atomic E-state index is 0.00520. The molecule has 2 saturated heterocycles. The molecule has 0 aromatic heterocycles. The number of thioether (sulfide) groups is 1. The van der Waals surface area contributed by atoms with Crippen molar-refractivity contribution in [2.75, 3.05) is 71.7 Å². The van der Waals surface area contributed by atoms with Crippen LogP contribution in [0.25, 0.3) is 0 Å². The quantitative estimate of drug-likeness (QED) is 0.0214. The molecule has 0 aliphatic carbocycles. The van der Waals surface area contributed by atoms with Gasteiger partial charge in [-0.3, -0.25) is 19.2 Å². The van der Waals surface area contributed by atoms with Crippen molar-refractivity contribution in [3.05, 3.63) is 0 Å². The maximum absolute atomic E-state index is 12.6. The van der Waals surface area contributed by atoms with Crippen molar-refractivity contribution in [3.8, 4) is 0 Å². The van der Waals surface area contributed by atoms with Gasteiger partial charge in [0.05, 0.1) is 77.2 Å². The first-order valence-electron chi connectivity index (χ1n) is 19.6. The molecule has 0 bridgehead atoms. The average Bonchev–Trinajstić information content (AvgIpc) is 3.70. The Morgan fingerprint density at radius 1 is 0.821 bits per heavy atom. The van der Waals surface area contributed by atoms with Crippen LogP contribution < -0.4 is 32.3 Å². The number of hydrogen-bond donors (Lipinski definition) is 7. The van der Waals surface area contributed by atoms with E-state index in [1.54, 1.807) is 20.8 Å². The Hall–Kier alpha value is -3.36. The highest BCUT2D eigenvalue weighted by Gasteiger charge is 2.42. The lowest BCUT2D eigenvalue weighted by Gasteiger charge is -2.25. The lowest BCUT2D eigenvalue weighted by atomic mass is 10.0. The number of carbonyl (C=O) groups is 6. The summed E-state index contributed by atoms with van der Waals surface area (Å²) in [6.07, 6.45) is 5.50. The summed E-state index contributed by atoms with van der Waals surface area (Å²) < 4.78 is 27.2. The van der Waals surface area contributed by atoms with E-state index in [9.17, 15) is 28.8 Å². The highest BCUT2D eigenvalue weighted by Crippen LogP contribution is 2.33. The molecule has 18 nitrogen and oxygen atoms in total. The fraction of sp³-hybridized carbons (Fsp3) is 0.811. The van der Waals surface area contributed by atoms with Crippen molar-refractivity contribution >= 4 is 53.5 Å². The molecule has 2 rings (SSSR count). The van der Waals surface area contributed by atoms with Gasteiger partial charge in [0, 0.05) is 43.4 Å². The van der Waals surface area contributed by atoms with Crippen molar-refractivity contribution in [1.29, 1.82) is 5.41 Å². The normalized spacial score (nSPS) is 18.6. The van der Waals surface area contributed by atoms with Crippen LogP contribution in [0.5, 0.6) is 0 Å². The number of hydrogen-bond acceptors (Lipinski definition) is 14. The zero-order valence-corrected chi connectivity index (χ0v) is 34.1. The van der Waals surface area contributed by atoms with Crippen LogP contribution in [0.1, 0.15) is 85.0 Å². The van der Waals surface area contributed by atoms with E-state index in [0.29, 0.717) is 96.5 Å². The van der Waals surface area contributed by atoms with Crippen molar-refractivity contribution in [2.45, 2.75) is 120 Å². The maximum Gasteiger partial charge on any atom is 0.329 e. The first-order valence-corrected chi connectivity index (χ1v) is 20.7. The third kappa shape index (κ3) is 22.4. The van der Waals surface area contributed by atoms with E-state index in [-0.39, 0.29) is 55.8 Å². The van der Waals surface area contributed by atoms with E-state index >= 15 is 0 Å². The van der Waals surface area contributed by atoms with Crippen LogP contribution in [0.3, 0.4) is 0 Å². The lowest BCUT2D eigenvalue weighted by molar-refractivity contribution is -0.159. The summed E-state index contributed by atoms with van der Waals surface area (Å²) in [5, 5.41) is 21.6. The number of rotatable bonds is 32. The van der Waals surface area contributed by atoms with E-state index in [4.69, 9.17) is 34.8 Å². The minimum atomic E-state index is -1.06. The molecule has 2 heterocycles. The summed E-state index contributed by atoms with van der Waals surface area (Å²) in [5.74, 6) is -0.888. The molecule has 0 aromatic rings. The van der Waals surface area contributed by atoms with Gasteiger partial charge in [-0.15, -0.1) is 0 Å². The SMILES string of the molecule is CC(C)(C)OC(=O)[C@H](CCC(=O)C=N)NC(=O)C(N)CCCCNC(=O)CCOCCOCCOCCOCCNC(=O)CCCC[C@@H]1SC[C@@H]2NC(=O)N[C@@H]21. The second-order valence-electron chi connectivity index (χ2n) is 14.6. The zero-order chi connectivity index (χ0) is 41.2. The number of urea groups is 1. The molecule has 56 heavy (non-hydrogen) atoms. The van der Waals surface area contributed by atoms with Crippen LogP contribution in [0.2, 0.25) is 0 Å². The number of carbonyl (C=O) groups excluding carboxylic acids is 6. The lowest BCUT2D eigenvalue weighted by Crippen LogP contribution is -2.50. The van der Waals surface area contributed by atoms with Gasteiger partial charge in [0.15, 0.2) is 5.78 Å². The fourth-order valence-electron chi connectivity index (χ4n) is 5.75. The third-order valence-corrected chi connectivity index (χ3v) is 10.2. The molecule has 2 aliphatic heterocycles. The van der Waals surface area contributed by atoms with Crippen molar-refractivity contribution in [1.82, 2.24) is 26.6 Å². The van der Waals surface area contributed by atoms with Gasteiger partial charge >= 0.3 is 12.0 Å². The van der Waals surface area contributed by atoms with Crippen LogP contribution in [-0.2, 0) is 47.7 Å². The summed E-state index contributed by atoms with van der Waals surface area (Å²) in [4.78, 5) is 72.3. The van der Waals surface area contributed by atoms with Crippen molar-refractivity contribution in [3.63, 3.8) is 0 Å². The number of esters is 1. The maximum atomic E-state index is 12.6. The molecular formula is C37H65N7O11S. The molecule has 19 heteroatoms. The van der Waals surface area contributed by atoms with Crippen LogP contribution in [0.4, 0.5) is 4.79 Å². The Morgan fingerprint density at radius 3 is 2.11 bits per heavy atom. The number of nitrogens with two attached hydrogens (primary N) is 1. The van der Waals surface area contributed by atoms with Crippen LogP contribution >= 0.6 is 11.8 Å². The molecule has 0 spiro atoms. The summed E-state index contributed by atoms with van der Waals surface area (Å²) in [5.41, 5.74) is 5.23. The molecule has 8 N–H and O–H groups in total. The predicted molar refractivity (Wildman–Crippen MR) is 210 cm³/mol. The number of ketones is 1. The molecule has 0 radical (unpaired) electrons. The topological polar surface area (TPSA) is 259 Å². The van der Waals surface area contributed by atoms with Gasteiger partial charge in [0.25, 0.3) is 0 Å².